The van der Waals surface area contributed by atoms with Gasteiger partial charge in [0.1, 0.15) is 23.4 Å². The van der Waals surface area contributed by atoms with Crippen molar-refractivity contribution in [3.05, 3.63) is 100 Å². The topological polar surface area (TPSA) is 62.5 Å². The number of alkyl halides is 3. The minimum absolute atomic E-state index is 0.295. The molecule has 1 atom stereocenters. The van der Waals surface area contributed by atoms with E-state index in [-0.39, 0.29) is 0 Å². The lowest BCUT2D eigenvalue weighted by Crippen LogP contribution is -2.39. The van der Waals surface area contributed by atoms with Crippen molar-refractivity contribution < 1.29 is 32.2 Å². The number of halogens is 3. The van der Waals surface area contributed by atoms with E-state index in [1.807, 2.05) is 39.0 Å². The summed E-state index contributed by atoms with van der Waals surface area (Å²) >= 11 is 3.23. The van der Waals surface area contributed by atoms with Crippen LogP contribution in [0.25, 0.3) is 11.3 Å². The Bertz CT molecular complexity index is 1490. The second-order valence-electron chi connectivity index (χ2n) is 9.80. The van der Waals surface area contributed by atoms with Crippen molar-refractivity contribution in [3.63, 3.8) is 0 Å². The molecule has 0 fully saturated rings. The highest BCUT2D eigenvalue weighted by atomic mass is 32.2. The molecule has 0 saturated carbocycles. The normalized spacial score (nSPS) is 12.4. The second-order valence-corrected chi connectivity index (χ2v) is 11.9. The molecule has 0 aliphatic rings. The molecule has 1 aromatic heterocycles. The number of furan rings is 1. The van der Waals surface area contributed by atoms with Crippen LogP contribution in [0.5, 0.6) is 5.75 Å². The Morgan fingerprint density at radius 1 is 0.902 bits per heavy atom. The van der Waals surface area contributed by atoms with E-state index < -0.39 is 23.8 Å². The van der Waals surface area contributed by atoms with Crippen molar-refractivity contribution in [1.82, 2.24) is 0 Å². The largest absolute Gasteiger partial charge is 0.546 e. The van der Waals surface area contributed by atoms with Crippen molar-refractivity contribution >= 4 is 29.5 Å². The van der Waals surface area contributed by atoms with Crippen LogP contribution in [0, 0.1) is 20.8 Å². The van der Waals surface area contributed by atoms with Crippen LogP contribution in [-0.4, -0.2) is 12.1 Å². The zero-order valence-corrected chi connectivity index (χ0v) is 24.8. The van der Waals surface area contributed by atoms with Crippen molar-refractivity contribution in [2.24, 2.45) is 0 Å². The van der Waals surface area contributed by atoms with E-state index in [4.69, 9.17) is 9.15 Å². The number of hydrogen-bond donors (Lipinski definition) is 0. The molecule has 4 nitrogen and oxygen atoms in total. The van der Waals surface area contributed by atoms with E-state index in [1.54, 1.807) is 36.5 Å². The molecule has 0 amide bonds. The third-order valence-corrected chi connectivity index (χ3v) is 8.42. The number of ether oxygens (including phenoxy) is 1. The minimum atomic E-state index is -4.40. The number of thioether (sulfide) groups is 2. The van der Waals surface area contributed by atoms with Crippen LogP contribution in [0.3, 0.4) is 0 Å². The second kappa shape index (κ2) is 13.1. The van der Waals surface area contributed by atoms with Crippen LogP contribution in [0.2, 0.25) is 0 Å². The molecule has 3 aromatic carbocycles. The Morgan fingerprint density at radius 2 is 1.56 bits per heavy atom. The van der Waals surface area contributed by atoms with Gasteiger partial charge < -0.3 is 19.1 Å². The monoisotopic (exact) mass is 599 g/mol. The van der Waals surface area contributed by atoms with Crippen LogP contribution in [-0.2, 0) is 22.5 Å². The molecule has 0 aliphatic heterocycles. The molecule has 1 unspecified atom stereocenters. The van der Waals surface area contributed by atoms with Crippen LogP contribution in [0.1, 0.15) is 46.9 Å². The van der Waals surface area contributed by atoms with Gasteiger partial charge in [0.2, 0.25) is 0 Å². The number of carbonyl (C=O) groups excluding carboxylic acids is 1. The molecule has 0 radical (unpaired) electrons. The highest BCUT2D eigenvalue weighted by Gasteiger charge is 2.30. The van der Waals surface area contributed by atoms with E-state index in [9.17, 15) is 23.1 Å². The van der Waals surface area contributed by atoms with Crippen LogP contribution in [0.4, 0.5) is 13.2 Å². The van der Waals surface area contributed by atoms with E-state index in [0.29, 0.717) is 35.0 Å². The lowest BCUT2D eigenvalue weighted by atomic mass is 10.1. The molecule has 41 heavy (non-hydrogen) atoms. The van der Waals surface area contributed by atoms with Crippen molar-refractivity contribution in [2.45, 2.75) is 67.7 Å². The fourth-order valence-corrected chi connectivity index (χ4v) is 6.37. The summed E-state index contributed by atoms with van der Waals surface area (Å²) in [6, 6.07) is 18.8. The van der Waals surface area contributed by atoms with Gasteiger partial charge in [-0.15, -0.1) is 23.5 Å². The first-order valence-electron chi connectivity index (χ1n) is 13.0. The molecule has 0 saturated heterocycles. The quantitative estimate of drug-likeness (QED) is 0.161. The summed E-state index contributed by atoms with van der Waals surface area (Å²) in [6.45, 7) is 7.68. The molecule has 4 rings (SSSR count). The van der Waals surface area contributed by atoms with E-state index in [1.165, 1.54) is 23.3 Å². The van der Waals surface area contributed by atoms with Gasteiger partial charge in [0.25, 0.3) is 0 Å². The smallest absolute Gasteiger partial charge is 0.416 e. The third-order valence-electron chi connectivity index (χ3n) is 6.40. The molecule has 1 heterocycles. The first kappa shape index (κ1) is 30.7. The van der Waals surface area contributed by atoms with Crippen LogP contribution < -0.4 is 9.84 Å². The number of carbonyl (C=O) groups is 1. The molecule has 0 bridgehead atoms. The average molecular weight is 600 g/mol. The average Bonchev–Trinajstić information content (AvgIpc) is 3.32. The summed E-state index contributed by atoms with van der Waals surface area (Å²) < 4.78 is 51.0. The number of benzene rings is 3. The summed E-state index contributed by atoms with van der Waals surface area (Å²) in [5.74, 6) is 1.64. The summed E-state index contributed by atoms with van der Waals surface area (Å²) in [5, 5.41) is 11.2. The number of aryl methyl sites for hydroxylation is 3. The van der Waals surface area contributed by atoms with Crippen molar-refractivity contribution in [1.29, 1.82) is 0 Å². The summed E-state index contributed by atoms with van der Waals surface area (Å²) in [6.07, 6.45) is -5.13. The number of carboxylic acid groups (broad SMARTS) is 1. The van der Waals surface area contributed by atoms with Gasteiger partial charge in [0.05, 0.1) is 17.3 Å². The molecule has 9 heteroatoms. The fourth-order valence-electron chi connectivity index (χ4n) is 4.30. The Labute approximate surface area is 246 Å². The standard InChI is InChI=1S/C32H31F3O4S2/c1-5-27(31(36)37)38-28-11-10-25(15-21(28)4)40-17-23-16-29(22-6-8-24(9-7-22)32(33,34)35)39-30(23)18-41-26-13-19(2)12-20(3)14-26/h6-16,27H,5,17-18H2,1-4H3,(H,36,37)/p-1. The molecule has 216 valence electrons. The maximum atomic E-state index is 13.1. The maximum absolute atomic E-state index is 13.1. The Hall–Kier alpha value is -3.30. The van der Waals surface area contributed by atoms with Gasteiger partial charge in [0.15, 0.2) is 0 Å². The molecular formula is C32H30F3O4S2-. The van der Waals surface area contributed by atoms with Crippen molar-refractivity contribution in [2.75, 3.05) is 0 Å². The molecule has 0 aliphatic carbocycles. The van der Waals surface area contributed by atoms with E-state index >= 15 is 0 Å². The predicted octanol–water partition coefficient (Wildman–Crippen LogP) is 8.38. The first-order chi connectivity index (χ1) is 19.4. The minimum Gasteiger partial charge on any atom is -0.546 e. The lowest BCUT2D eigenvalue weighted by Gasteiger charge is -2.20. The third kappa shape index (κ3) is 8.14. The lowest BCUT2D eigenvalue weighted by molar-refractivity contribution is -0.313. The molecule has 0 N–H and O–H groups in total. The fraction of sp³-hybridized carbons (Fsp3) is 0.281. The van der Waals surface area contributed by atoms with Gasteiger partial charge in [-0.2, -0.15) is 13.2 Å². The zero-order valence-electron chi connectivity index (χ0n) is 23.1. The van der Waals surface area contributed by atoms with Gasteiger partial charge in [-0.05, 0) is 92.4 Å². The Morgan fingerprint density at radius 3 is 2.15 bits per heavy atom. The SMILES string of the molecule is CCC(Oc1ccc(SCc2cc(-c3ccc(C(F)(F)F)cc3)oc2CSc2cc(C)cc(C)c2)cc1C)C(=O)[O-]. The van der Waals surface area contributed by atoms with Gasteiger partial charge in [-0.3, -0.25) is 0 Å². The maximum Gasteiger partial charge on any atom is 0.416 e. The van der Waals surface area contributed by atoms with Crippen molar-refractivity contribution in [3.8, 4) is 17.1 Å². The molecule has 4 aromatic rings. The van der Waals surface area contributed by atoms with E-state index in [2.05, 4.69) is 18.2 Å². The summed E-state index contributed by atoms with van der Waals surface area (Å²) in [7, 11) is 0. The van der Waals surface area contributed by atoms with Crippen LogP contribution >= 0.6 is 23.5 Å². The molecular weight excluding hydrogens is 569 g/mol. The highest BCUT2D eigenvalue weighted by Crippen LogP contribution is 2.37. The number of hydrogen-bond acceptors (Lipinski definition) is 6. The van der Waals surface area contributed by atoms with Gasteiger partial charge >= 0.3 is 6.18 Å². The first-order valence-corrected chi connectivity index (χ1v) is 15.0. The van der Waals surface area contributed by atoms with Crippen LogP contribution in [0.15, 0.2) is 80.9 Å². The predicted molar refractivity (Wildman–Crippen MR) is 155 cm³/mol. The molecule has 0 spiro atoms. The number of rotatable bonds is 11. The van der Waals surface area contributed by atoms with Gasteiger partial charge in [0, 0.05) is 26.7 Å². The van der Waals surface area contributed by atoms with Gasteiger partial charge in [-0.1, -0.05) is 25.1 Å². The number of carboxylic acids is 1. The van der Waals surface area contributed by atoms with Gasteiger partial charge in [-0.25, -0.2) is 0 Å². The highest BCUT2D eigenvalue weighted by molar-refractivity contribution is 7.99. The zero-order chi connectivity index (χ0) is 29.7. The Kier molecular flexibility index (Phi) is 9.81. The van der Waals surface area contributed by atoms with E-state index in [0.717, 1.165) is 38.8 Å². The Balaban J connectivity index is 1.56. The number of aliphatic carboxylic acids is 1. The summed E-state index contributed by atoms with van der Waals surface area (Å²) in [5.41, 5.74) is 3.95. The summed E-state index contributed by atoms with van der Waals surface area (Å²) in [4.78, 5) is 13.3.